The molecule has 0 spiro atoms. The van der Waals surface area contributed by atoms with E-state index in [1.54, 1.807) is 42.6 Å². The highest BCUT2D eigenvalue weighted by Gasteiger charge is 2.66. The maximum Gasteiger partial charge on any atom is 0.202 e. The molecule has 0 bridgehead atoms. The van der Waals surface area contributed by atoms with Gasteiger partial charge in [0.2, 0.25) is 9.84 Å². The molecule has 6 nitrogen and oxygen atoms in total. The van der Waals surface area contributed by atoms with Crippen LogP contribution in [-0.2, 0) is 21.1 Å². The molecule has 2 atom stereocenters. The van der Waals surface area contributed by atoms with E-state index >= 15 is 8.42 Å². The quantitative estimate of drug-likeness (QED) is 0.516. The van der Waals surface area contributed by atoms with Gasteiger partial charge in [0.25, 0.3) is 0 Å². The zero-order valence-electron chi connectivity index (χ0n) is 20.1. The molecule has 2 aromatic carbocycles. The van der Waals surface area contributed by atoms with Crippen LogP contribution in [0, 0.1) is 11.2 Å². The van der Waals surface area contributed by atoms with Gasteiger partial charge in [-0.1, -0.05) is 49.8 Å². The van der Waals surface area contributed by atoms with Crippen molar-refractivity contribution in [2.45, 2.75) is 36.5 Å². The number of aromatic amines is 1. The number of hydrogen-bond donors (Lipinski definition) is 2. The Bertz CT molecular complexity index is 1330. The van der Waals surface area contributed by atoms with Crippen LogP contribution >= 0.6 is 0 Å². The van der Waals surface area contributed by atoms with Crippen LogP contribution in [0.2, 0.25) is 0 Å². The van der Waals surface area contributed by atoms with Crippen LogP contribution in [0.15, 0.2) is 71.3 Å². The van der Waals surface area contributed by atoms with Gasteiger partial charge in [-0.25, -0.2) is 12.8 Å². The molecule has 3 aromatic rings. The predicted octanol–water partition coefficient (Wildman–Crippen LogP) is 4.14. The monoisotopic (exact) mass is 494 g/mol. The van der Waals surface area contributed by atoms with E-state index in [0.29, 0.717) is 38.0 Å². The average Bonchev–Trinajstić information content (AvgIpc) is 3.33. The summed E-state index contributed by atoms with van der Waals surface area (Å²) < 4.78 is 44.4. The summed E-state index contributed by atoms with van der Waals surface area (Å²) in [5, 5.41) is 10.9. The standard InChI is InChI=1S/C27H31FN4O2S/c1-3-32(4-2)27(21-10-12-23(28)13-11-21,35(33,34)24-8-6-5-7-9-24)26-17-20-18-30-31-25(20)16-22(26)14-15-29-19-26/h5-13,16,18,29H,3-4,14-15,17,19H2,1-2H3,(H,30,31)/t26?,27-/m0/s1. The van der Waals surface area contributed by atoms with Crippen molar-refractivity contribution in [2.75, 3.05) is 26.2 Å². The van der Waals surface area contributed by atoms with Gasteiger partial charge in [-0.15, -0.1) is 0 Å². The topological polar surface area (TPSA) is 78.1 Å². The first-order chi connectivity index (χ1) is 16.9. The molecule has 1 aliphatic heterocycles. The van der Waals surface area contributed by atoms with Gasteiger partial charge in [0, 0.05) is 12.0 Å². The normalized spacial score (nSPS) is 21.7. The Kier molecular flexibility index (Phi) is 6.15. The first-order valence-electron chi connectivity index (χ1n) is 12.2. The molecule has 5 rings (SSSR count). The van der Waals surface area contributed by atoms with Gasteiger partial charge >= 0.3 is 0 Å². The number of sulfone groups is 1. The zero-order chi connectivity index (χ0) is 24.7. The third-order valence-corrected chi connectivity index (χ3v) is 10.3. The second kappa shape index (κ2) is 9.00. The van der Waals surface area contributed by atoms with Crippen molar-refractivity contribution in [2.24, 2.45) is 5.41 Å². The molecule has 1 fully saturated rings. The van der Waals surface area contributed by atoms with Crippen LogP contribution in [0.25, 0.3) is 6.08 Å². The van der Waals surface area contributed by atoms with Crippen molar-refractivity contribution in [1.29, 1.82) is 0 Å². The second-order valence-electron chi connectivity index (χ2n) is 9.30. The number of piperidine rings is 1. The number of halogens is 1. The maximum atomic E-state index is 15.1. The average molecular weight is 495 g/mol. The molecular weight excluding hydrogens is 463 g/mol. The van der Waals surface area contributed by atoms with Gasteiger partial charge in [0.05, 0.1) is 16.8 Å². The number of hydrogen-bond acceptors (Lipinski definition) is 5. The summed E-state index contributed by atoms with van der Waals surface area (Å²) in [5.41, 5.74) is 2.74. The molecule has 1 aromatic heterocycles. The lowest BCUT2D eigenvalue weighted by atomic mass is 9.62. The first-order valence-corrected chi connectivity index (χ1v) is 13.6. The zero-order valence-corrected chi connectivity index (χ0v) is 20.9. The highest BCUT2D eigenvalue weighted by atomic mass is 32.2. The van der Waals surface area contributed by atoms with E-state index in [1.807, 2.05) is 19.9 Å². The summed E-state index contributed by atoms with van der Waals surface area (Å²) in [6.45, 7) is 6.24. The number of rotatable bonds is 7. The van der Waals surface area contributed by atoms with Gasteiger partial charge in [0.15, 0.2) is 4.87 Å². The largest absolute Gasteiger partial charge is 0.315 e. The Labute approximate surface area is 206 Å². The molecule has 1 aliphatic carbocycles. The summed E-state index contributed by atoms with van der Waals surface area (Å²) in [6, 6.07) is 14.7. The summed E-state index contributed by atoms with van der Waals surface area (Å²) in [7, 11) is -4.02. The van der Waals surface area contributed by atoms with Crippen LogP contribution < -0.4 is 5.32 Å². The minimum atomic E-state index is -4.02. The molecule has 0 saturated carbocycles. The molecule has 35 heavy (non-hydrogen) atoms. The number of H-pyrrole nitrogens is 1. The summed E-state index contributed by atoms with van der Waals surface area (Å²) in [4.78, 5) is 0.829. The van der Waals surface area contributed by atoms with Gasteiger partial charge in [-0.05, 0) is 73.9 Å². The van der Waals surface area contributed by atoms with Gasteiger partial charge in [-0.3, -0.25) is 10.00 Å². The first kappa shape index (κ1) is 23.9. The van der Waals surface area contributed by atoms with E-state index < -0.39 is 25.9 Å². The Hall–Kier alpha value is -2.81. The fourth-order valence-electron chi connectivity index (χ4n) is 6.27. The predicted molar refractivity (Wildman–Crippen MR) is 135 cm³/mol. The van der Waals surface area contributed by atoms with Gasteiger partial charge in [-0.2, -0.15) is 5.10 Å². The number of nitrogens with zero attached hydrogens (tertiary/aromatic N) is 2. The molecule has 184 valence electrons. The van der Waals surface area contributed by atoms with Crippen LogP contribution in [0.3, 0.4) is 0 Å². The van der Waals surface area contributed by atoms with Crippen molar-refractivity contribution in [3.63, 3.8) is 0 Å². The molecule has 2 aliphatic rings. The number of nitrogens with one attached hydrogen (secondary N) is 2. The van der Waals surface area contributed by atoms with Crippen molar-refractivity contribution < 1.29 is 12.8 Å². The van der Waals surface area contributed by atoms with Crippen molar-refractivity contribution in [1.82, 2.24) is 20.4 Å². The molecule has 0 amide bonds. The molecule has 8 heteroatoms. The van der Waals surface area contributed by atoms with Gasteiger partial charge in [0.1, 0.15) is 5.82 Å². The van der Waals surface area contributed by atoms with Crippen molar-refractivity contribution in [3.05, 3.63) is 89.0 Å². The van der Waals surface area contributed by atoms with E-state index in [9.17, 15) is 4.39 Å². The van der Waals surface area contributed by atoms with E-state index in [2.05, 4.69) is 26.5 Å². The van der Waals surface area contributed by atoms with Gasteiger partial charge < -0.3 is 5.32 Å². The Morgan fingerprint density at radius 2 is 1.80 bits per heavy atom. The van der Waals surface area contributed by atoms with Crippen LogP contribution in [0.4, 0.5) is 4.39 Å². The third-order valence-electron chi connectivity index (χ3n) is 7.71. The van der Waals surface area contributed by atoms with E-state index in [4.69, 9.17) is 0 Å². The van der Waals surface area contributed by atoms with E-state index in [-0.39, 0.29) is 4.90 Å². The lowest BCUT2D eigenvalue weighted by molar-refractivity contribution is 0.0431. The fraction of sp³-hybridized carbons (Fsp3) is 0.370. The molecule has 1 unspecified atom stereocenters. The fourth-order valence-corrected chi connectivity index (χ4v) is 8.96. The molecular formula is C27H31FN4O2S. The number of aromatic nitrogens is 2. The summed E-state index contributed by atoms with van der Waals surface area (Å²) in [5.74, 6) is -0.393. The van der Waals surface area contributed by atoms with Crippen LogP contribution in [-0.4, -0.2) is 49.7 Å². The lowest BCUT2D eigenvalue weighted by Gasteiger charge is -2.58. The molecule has 1 saturated heterocycles. The number of fused-ring (bicyclic) bond motifs is 2. The minimum Gasteiger partial charge on any atom is -0.315 e. The molecule has 2 heterocycles. The smallest absolute Gasteiger partial charge is 0.202 e. The van der Waals surface area contributed by atoms with E-state index in [1.165, 1.54) is 12.1 Å². The van der Waals surface area contributed by atoms with Crippen molar-refractivity contribution in [3.8, 4) is 0 Å². The van der Waals surface area contributed by atoms with E-state index in [0.717, 1.165) is 23.4 Å². The minimum absolute atomic E-state index is 0.258. The highest BCUT2D eigenvalue weighted by molar-refractivity contribution is 7.92. The Balaban J connectivity index is 1.92. The third kappa shape index (κ3) is 3.42. The maximum absolute atomic E-state index is 15.1. The van der Waals surface area contributed by atoms with Crippen LogP contribution in [0.1, 0.15) is 37.1 Å². The van der Waals surface area contributed by atoms with Crippen LogP contribution in [0.5, 0.6) is 0 Å². The van der Waals surface area contributed by atoms with Crippen molar-refractivity contribution >= 4 is 15.9 Å². The highest BCUT2D eigenvalue weighted by Crippen LogP contribution is 2.59. The summed E-state index contributed by atoms with van der Waals surface area (Å²) >= 11 is 0. The molecule has 0 radical (unpaired) electrons. The SMILES string of the molecule is CCN(CC)[C@](c1ccc(F)cc1)(C12CNCCC1=Cc1[nH]ncc1C2)S(=O)(=O)c1ccccc1. The number of benzene rings is 2. The summed E-state index contributed by atoms with van der Waals surface area (Å²) in [6.07, 6.45) is 5.10. The second-order valence-corrected chi connectivity index (χ2v) is 11.4. The molecule has 2 N–H and O–H groups in total. The Morgan fingerprint density at radius 3 is 2.49 bits per heavy atom. The lowest BCUT2D eigenvalue weighted by Crippen LogP contribution is -2.67. The Morgan fingerprint density at radius 1 is 1.09 bits per heavy atom.